The Morgan fingerprint density at radius 1 is 1.17 bits per heavy atom. The lowest BCUT2D eigenvalue weighted by molar-refractivity contribution is -0.149. The van der Waals surface area contributed by atoms with Gasteiger partial charge in [0.2, 0.25) is 5.91 Å². The van der Waals surface area contributed by atoms with Crippen LogP contribution in [0, 0.1) is 5.92 Å². The molecule has 0 aliphatic carbocycles. The summed E-state index contributed by atoms with van der Waals surface area (Å²) < 4.78 is 5.14. The number of carbonyl (C=O) groups excluding carboxylic acids is 2. The maximum absolute atomic E-state index is 12.0. The van der Waals surface area contributed by atoms with E-state index in [2.05, 4.69) is 5.32 Å². The number of carbonyl (C=O) groups is 2. The molecule has 0 heterocycles. The van der Waals surface area contributed by atoms with Gasteiger partial charge in [0.15, 0.2) is 6.29 Å². The first kappa shape index (κ1) is 19.1. The Morgan fingerprint density at radius 3 is 2.26 bits per heavy atom. The summed E-state index contributed by atoms with van der Waals surface area (Å²) in [4.78, 5) is 23.9. The molecule has 0 aliphatic heterocycles. The number of hydrogen-bond acceptors (Lipinski definition) is 5. The fraction of sp³-hybridized carbons (Fsp3) is 0.529. The van der Waals surface area contributed by atoms with E-state index in [1.807, 2.05) is 13.8 Å². The van der Waals surface area contributed by atoms with Gasteiger partial charge in [0.1, 0.15) is 6.04 Å². The topological polar surface area (TPSA) is 95.9 Å². The van der Waals surface area contributed by atoms with Crippen molar-refractivity contribution >= 4 is 11.9 Å². The maximum Gasteiger partial charge on any atom is 0.328 e. The zero-order valence-corrected chi connectivity index (χ0v) is 13.8. The number of nitrogens with one attached hydrogen (secondary N) is 1. The van der Waals surface area contributed by atoms with Crippen LogP contribution in [-0.4, -0.2) is 34.7 Å². The second-order valence-electron chi connectivity index (χ2n) is 5.84. The van der Waals surface area contributed by atoms with Crippen molar-refractivity contribution in [3.8, 4) is 0 Å². The molecule has 1 rings (SSSR count). The summed E-state index contributed by atoms with van der Waals surface area (Å²) in [5.41, 5.74) is 1.08. The first-order valence-electron chi connectivity index (χ1n) is 7.74. The molecular formula is C17H25NO5. The second-order valence-corrected chi connectivity index (χ2v) is 5.84. The van der Waals surface area contributed by atoms with Gasteiger partial charge >= 0.3 is 5.97 Å². The summed E-state index contributed by atoms with van der Waals surface area (Å²) in [6.45, 7) is 6.02. The third-order valence-electron chi connectivity index (χ3n) is 3.23. The third-order valence-corrected chi connectivity index (χ3v) is 3.23. The number of amides is 1. The Kier molecular flexibility index (Phi) is 7.71. The molecule has 1 aromatic carbocycles. The first-order valence-corrected chi connectivity index (χ1v) is 7.74. The smallest absolute Gasteiger partial charge is 0.328 e. The minimum atomic E-state index is -1.53. The van der Waals surface area contributed by atoms with Crippen LogP contribution in [0.2, 0.25) is 0 Å². The van der Waals surface area contributed by atoms with Crippen molar-refractivity contribution in [2.45, 2.75) is 45.9 Å². The van der Waals surface area contributed by atoms with Crippen molar-refractivity contribution in [3.63, 3.8) is 0 Å². The monoisotopic (exact) mass is 323 g/mol. The molecule has 3 N–H and O–H groups in total. The van der Waals surface area contributed by atoms with Crippen LogP contribution < -0.4 is 5.32 Å². The summed E-state index contributed by atoms with van der Waals surface area (Å²) in [5.74, 6) is -0.462. The van der Waals surface area contributed by atoms with Crippen molar-refractivity contribution < 1.29 is 24.5 Å². The summed E-state index contributed by atoms with van der Waals surface area (Å²) in [7, 11) is 0. The highest BCUT2D eigenvalue weighted by Crippen LogP contribution is 2.11. The number of esters is 1. The van der Waals surface area contributed by atoms with Gasteiger partial charge < -0.3 is 20.3 Å². The molecule has 6 heteroatoms. The zero-order valence-electron chi connectivity index (χ0n) is 13.8. The van der Waals surface area contributed by atoms with Crippen molar-refractivity contribution in [3.05, 3.63) is 35.4 Å². The van der Waals surface area contributed by atoms with Crippen molar-refractivity contribution in [1.82, 2.24) is 5.32 Å². The van der Waals surface area contributed by atoms with Crippen LogP contribution in [0.25, 0.3) is 0 Å². The molecule has 23 heavy (non-hydrogen) atoms. The molecule has 128 valence electrons. The number of benzene rings is 1. The number of hydrogen-bond donors (Lipinski definition) is 3. The van der Waals surface area contributed by atoms with E-state index in [-0.39, 0.29) is 18.2 Å². The van der Waals surface area contributed by atoms with Gasteiger partial charge in [-0.1, -0.05) is 45.0 Å². The van der Waals surface area contributed by atoms with Crippen molar-refractivity contribution in [2.24, 2.45) is 5.92 Å². The Labute approximate surface area is 136 Å². The molecule has 1 atom stereocenters. The quantitative estimate of drug-likeness (QED) is 0.495. The second kappa shape index (κ2) is 9.27. The predicted octanol–water partition coefficient (Wildman–Crippen LogP) is 1.31. The Balaban J connectivity index is 2.54. The standard InChI is InChI=1S/C17H25NO5/c1-4-14(17(22)23-10-11(2)3)18-15(19)9-12-5-7-13(8-6-12)16(20)21/h5-8,11,14,16,20-21H,4,9-10H2,1-3H3,(H,18,19). The van der Waals surface area contributed by atoms with Gasteiger partial charge in [0.05, 0.1) is 13.0 Å². The molecule has 0 aliphatic rings. The largest absolute Gasteiger partial charge is 0.464 e. The first-order chi connectivity index (χ1) is 10.8. The van der Waals surface area contributed by atoms with Gasteiger partial charge in [0.25, 0.3) is 0 Å². The van der Waals surface area contributed by atoms with Gasteiger partial charge in [-0.15, -0.1) is 0 Å². The van der Waals surface area contributed by atoms with E-state index in [0.717, 1.165) is 5.56 Å². The highest BCUT2D eigenvalue weighted by molar-refractivity contribution is 5.85. The van der Waals surface area contributed by atoms with Gasteiger partial charge in [0, 0.05) is 5.56 Å². The lowest BCUT2D eigenvalue weighted by atomic mass is 10.1. The molecule has 6 nitrogen and oxygen atoms in total. The molecule has 1 aromatic rings. The Hall–Kier alpha value is -1.92. The average molecular weight is 323 g/mol. The van der Waals surface area contributed by atoms with E-state index >= 15 is 0 Å². The van der Waals surface area contributed by atoms with E-state index in [0.29, 0.717) is 18.6 Å². The summed E-state index contributed by atoms with van der Waals surface area (Å²) in [6.07, 6.45) is -0.966. The van der Waals surface area contributed by atoms with Crippen molar-refractivity contribution in [1.29, 1.82) is 0 Å². The van der Waals surface area contributed by atoms with Gasteiger partial charge in [-0.25, -0.2) is 4.79 Å². The van der Waals surface area contributed by atoms with Crippen molar-refractivity contribution in [2.75, 3.05) is 6.61 Å². The van der Waals surface area contributed by atoms with Crippen LogP contribution in [0.5, 0.6) is 0 Å². The molecule has 0 saturated carbocycles. The number of rotatable bonds is 8. The molecule has 1 unspecified atom stereocenters. The van der Waals surface area contributed by atoms with E-state index < -0.39 is 18.3 Å². The average Bonchev–Trinajstić information content (AvgIpc) is 2.50. The van der Waals surface area contributed by atoms with Gasteiger partial charge in [-0.2, -0.15) is 0 Å². The van der Waals surface area contributed by atoms with E-state index in [9.17, 15) is 9.59 Å². The summed E-state index contributed by atoms with van der Waals surface area (Å²) in [5, 5.41) is 20.7. The molecule has 0 bridgehead atoms. The fourth-order valence-electron chi connectivity index (χ4n) is 1.92. The van der Waals surface area contributed by atoms with Crippen LogP contribution in [0.3, 0.4) is 0 Å². The molecule has 0 fully saturated rings. The van der Waals surface area contributed by atoms with Crippen LogP contribution in [-0.2, 0) is 20.7 Å². The third kappa shape index (κ3) is 6.80. The predicted molar refractivity (Wildman–Crippen MR) is 85.3 cm³/mol. The number of aliphatic hydroxyl groups is 2. The molecule has 0 aromatic heterocycles. The Bertz CT molecular complexity index is 510. The maximum atomic E-state index is 12.0. The molecular weight excluding hydrogens is 298 g/mol. The number of aliphatic hydroxyl groups excluding tert-OH is 1. The highest BCUT2D eigenvalue weighted by Gasteiger charge is 2.20. The molecule has 0 spiro atoms. The minimum Gasteiger partial charge on any atom is -0.464 e. The van der Waals surface area contributed by atoms with E-state index in [1.165, 1.54) is 0 Å². The minimum absolute atomic E-state index is 0.107. The van der Waals surface area contributed by atoms with E-state index in [4.69, 9.17) is 14.9 Å². The molecule has 0 saturated heterocycles. The van der Waals surface area contributed by atoms with Gasteiger partial charge in [-0.3, -0.25) is 4.79 Å². The summed E-state index contributed by atoms with van der Waals surface area (Å²) in [6, 6.07) is 5.72. The molecule has 1 amide bonds. The lowest BCUT2D eigenvalue weighted by Crippen LogP contribution is -2.42. The van der Waals surface area contributed by atoms with Crippen LogP contribution >= 0.6 is 0 Å². The zero-order chi connectivity index (χ0) is 17.4. The van der Waals surface area contributed by atoms with E-state index in [1.54, 1.807) is 31.2 Å². The lowest BCUT2D eigenvalue weighted by Gasteiger charge is -2.17. The van der Waals surface area contributed by atoms with Gasteiger partial charge in [-0.05, 0) is 17.9 Å². The normalized spacial score (nSPS) is 12.3. The fourth-order valence-corrected chi connectivity index (χ4v) is 1.92. The van der Waals surface area contributed by atoms with Crippen LogP contribution in [0.1, 0.15) is 44.6 Å². The summed E-state index contributed by atoms with van der Waals surface area (Å²) >= 11 is 0. The highest BCUT2D eigenvalue weighted by atomic mass is 16.5. The molecule has 0 radical (unpaired) electrons. The number of ether oxygens (including phenoxy) is 1. The SMILES string of the molecule is CCC(NC(=O)Cc1ccc(C(O)O)cc1)C(=O)OCC(C)C. The Morgan fingerprint density at radius 2 is 1.78 bits per heavy atom. The van der Waals surface area contributed by atoms with Crippen LogP contribution in [0.4, 0.5) is 0 Å². The van der Waals surface area contributed by atoms with Crippen LogP contribution in [0.15, 0.2) is 24.3 Å².